The van der Waals surface area contributed by atoms with Gasteiger partial charge < -0.3 is 15.3 Å². The molecule has 0 spiro atoms. The number of carbonyl (C=O) groups is 1. The number of hydrogen-bond acceptors (Lipinski definition) is 6. The minimum absolute atomic E-state index is 0.0195. The van der Waals surface area contributed by atoms with Gasteiger partial charge in [0.25, 0.3) is 0 Å². The van der Waals surface area contributed by atoms with Gasteiger partial charge in [0.1, 0.15) is 5.52 Å². The van der Waals surface area contributed by atoms with Crippen LogP contribution < -0.4 is 10.2 Å². The van der Waals surface area contributed by atoms with Crippen LogP contribution in [0.25, 0.3) is 11.0 Å². The molecular weight excluding hydrogens is 350 g/mol. The molecule has 2 aromatic rings. The molecule has 0 unspecified atom stereocenters. The number of nitrogens with one attached hydrogen (secondary N) is 1. The molecule has 1 aromatic carbocycles. The van der Waals surface area contributed by atoms with Crippen LogP contribution in [0.4, 0.5) is 5.69 Å². The van der Waals surface area contributed by atoms with Crippen LogP contribution in [-0.4, -0.2) is 46.6 Å². The van der Waals surface area contributed by atoms with Gasteiger partial charge in [0, 0.05) is 25.5 Å². The van der Waals surface area contributed by atoms with E-state index < -0.39 is 5.97 Å². The van der Waals surface area contributed by atoms with Crippen LogP contribution in [0.2, 0.25) is 0 Å². The Labute approximate surface area is 135 Å². The van der Waals surface area contributed by atoms with E-state index in [0.717, 1.165) is 27.7 Å². The molecule has 0 aliphatic carbocycles. The second kappa shape index (κ2) is 6.27. The monoisotopic (exact) mass is 363 g/mol. The molecule has 0 bridgehead atoms. The number of aliphatic carboxylic acids is 1. The Morgan fingerprint density at radius 3 is 2.91 bits per heavy atom. The molecule has 0 radical (unpaired) electrons. The molecule has 8 heteroatoms. The smallest absolute Gasteiger partial charge is 0.305 e. The third kappa shape index (κ3) is 2.87. The van der Waals surface area contributed by atoms with Crippen LogP contribution in [0, 0.1) is 0 Å². The Hall–Kier alpha value is -2.22. The van der Waals surface area contributed by atoms with Crippen molar-refractivity contribution in [2.24, 2.45) is 4.99 Å². The van der Waals surface area contributed by atoms with E-state index in [1.54, 1.807) is 12.4 Å². The first-order valence-electron chi connectivity index (χ1n) is 6.83. The maximum Gasteiger partial charge on any atom is 0.305 e. The summed E-state index contributed by atoms with van der Waals surface area (Å²) in [5.41, 5.74) is 2.33. The zero-order chi connectivity index (χ0) is 15.5. The number of nitrogens with zero attached hydrogens (tertiary/aromatic N) is 4. The second-order valence-corrected chi connectivity index (χ2v) is 5.54. The average molecular weight is 364 g/mol. The zero-order valence-electron chi connectivity index (χ0n) is 11.7. The molecule has 114 valence electrons. The first-order chi connectivity index (χ1) is 10.7. The summed E-state index contributed by atoms with van der Waals surface area (Å²) in [6.07, 6.45) is 3.29. The lowest BCUT2D eigenvalue weighted by Crippen LogP contribution is -2.40. The van der Waals surface area contributed by atoms with Crippen molar-refractivity contribution < 1.29 is 9.90 Å². The molecule has 7 nitrogen and oxygen atoms in total. The number of aliphatic imine (C=N–C) groups is 1. The molecule has 2 N–H and O–H groups in total. The Balaban J connectivity index is 2.03. The van der Waals surface area contributed by atoms with Gasteiger partial charge in [-0.25, -0.2) is 0 Å². The number of guanidine groups is 1. The molecule has 0 amide bonds. The molecule has 0 fully saturated rings. The fourth-order valence-electron chi connectivity index (χ4n) is 2.31. The van der Waals surface area contributed by atoms with Crippen molar-refractivity contribution in [2.45, 2.75) is 6.42 Å². The summed E-state index contributed by atoms with van der Waals surface area (Å²) in [4.78, 5) is 25.8. The summed E-state index contributed by atoms with van der Waals surface area (Å²) in [6, 6.07) is 3.76. The number of carboxylic acids is 1. The maximum absolute atomic E-state index is 10.9. The summed E-state index contributed by atoms with van der Waals surface area (Å²) in [7, 11) is 0. The average Bonchev–Trinajstić information content (AvgIpc) is 3.03. The van der Waals surface area contributed by atoms with Gasteiger partial charge in [0.05, 0.1) is 28.6 Å². The molecule has 1 aliphatic rings. The lowest BCUT2D eigenvalue weighted by molar-refractivity contribution is -0.136. The Kier molecular flexibility index (Phi) is 4.19. The Morgan fingerprint density at radius 1 is 1.36 bits per heavy atom. The van der Waals surface area contributed by atoms with Crippen molar-refractivity contribution in [3.63, 3.8) is 0 Å². The predicted octanol–water partition coefficient (Wildman–Crippen LogP) is 1.63. The fraction of sp³-hybridized carbons (Fsp3) is 0.286. The number of carboxylic acid groups (broad SMARTS) is 1. The standard InChI is InChI=1S/C14H14BrN5O2/c15-12-10(2-1-9-13(12)17-5-4-16-9)20(8-3-11(21)22)14-18-6-7-19-14/h1-2,4-5H,3,6-8H2,(H,18,19)(H,21,22). The van der Waals surface area contributed by atoms with E-state index in [0.29, 0.717) is 19.0 Å². The highest BCUT2D eigenvalue weighted by Gasteiger charge is 2.21. The highest BCUT2D eigenvalue weighted by Crippen LogP contribution is 2.32. The lowest BCUT2D eigenvalue weighted by atomic mass is 10.2. The van der Waals surface area contributed by atoms with Gasteiger partial charge in [-0.05, 0) is 28.1 Å². The van der Waals surface area contributed by atoms with Gasteiger partial charge >= 0.3 is 5.97 Å². The normalized spacial score (nSPS) is 13.8. The SMILES string of the molecule is O=C(O)CCN(C1=NCCN1)c1ccc2nccnc2c1Br. The minimum Gasteiger partial charge on any atom is -0.481 e. The summed E-state index contributed by atoms with van der Waals surface area (Å²) < 4.78 is 0.778. The topological polar surface area (TPSA) is 90.7 Å². The summed E-state index contributed by atoms with van der Waals surface area (Å²) >= 11 is 3.56. The van der Waals surface area contributed by atoms with E-state index in [4.69, 9.17) is 5.11 Å². The van der Waals surface area contributed by atoms with Gasteiger partial charge in [-0.15, -0.1) is 0 Å². The van der Waals surface area contributed by atoms with Gasteiger partial charge in [0.15, 0.2) is 5.96 Å². The van der Waals surface area contributed by atoms with Crippen molar-refractivity contribution in [3.8, 4) is 0 Å². The lowest BCUT2D eigenvalue weighted by Gasteiger charge is -2.25. The highest BCUT2D eigenvalue weighted by molar-refractivity contribution is 9.10. The summed E-state index contributed by atoms with van der Waals surface area (Å²) in [6.45, 7) is 1.76. The van der Waals surface area contributed by atoms with Gasteiger partial charge in [-0.3, -0.25) is 19.8 Å². The van der Waals surface area contributed by atoms with Crippen LogP contribution in [0.3, 0.4) is 0 Å². The molecule has 22 heavy (non-hydrogen) atoms. The van der Waals surface area contributed by atoms with Crippen molar-refractivity contribution in [1.29, 1.82) is 0 Å². The van der Waals surface area contributed by atoms with Crippen molar-refractivity contribution in [2.75, 3.05) is 24.5 Å². The number of fused-ring (bicyclic) bond motifs is 1. The van der Waals surface area contributed by atoms with E-state index in [1.807, 2.05) is 17.0 Å². The summed E-state index contributed by atoms with van der Waals surface area (Å²) in [5, 5.41) is 12.2. The number of anilines is 1. The van der Waals surface area contributed by atoms with E-state index >= 15 is 0 Å². The van der Waals surface area contributed by atoms with Crippen LogP contribution in [0.15, 0.2) is 34.0 Å². The third-order valence-corrected chi connectivity index (χ3v) is 4.09. The molecule has 1 aromatic heterocycles. The summed E-state index contributed by atoms with van der Waals surface area (Å²) in [5.74, 6) is -0.162. The molecular formula is C14H14BrN5O2. The largest absolute Gasteiger partial charge is 0.481 e. The highest BCUT2D eigenvalue weighted by atomic mass is 79.9. The molecule has 0 atom stereocenters. The van der Waals surface area contributed by atoms with Gasteiger partial charge in [0.2, 0.25) is 0 Å². The third-order valence-electron chi connectivity index (χ3n) is 3.31. The Bertz CT molecular complexity index is 749. The molecule has 2 heterocycles. The first kappa shape index (κ1) is 14.7. The fourth-order valence-corrected chi connectivity index (χ4v) is 2.97. The number of halogens is 1. The predicted molar refractivity (Wildman–Crippen MR) is 87.1 cm³/mol. The molecule has 0 saturated heterocycles. The van der Waals surface area contributed by atoms with E-state index in [2.05, 4.69) is 36.2 Å². The van der Waals surface area contributed by atoms with Crippen molar-refractivity contribution in [3.05, 3.63) is 29.0 Å². The van der Waals surface area contributed by atoms with Crippen molar-refractivity contribution >= 4 is 44.6 Å². The van der Waals surface area contributed by atoms with E-state index in [-0.39, 0.29) is 6.42 Å². The number of hydrogen-bond donors (Lipinski definition) is 2. The second-order valence-electron chi connectivity index (χ2n) is 4.75. The molecule has 1 aliphatic heterocycles. The number of benzene rings is 1. The van der Waals surface area contributed by atoms with Crippen molar-refractivity contribution in [1.82, 2.24) is 15.3 Å². The first-order valence-corrected chi connectivity index (χ1v) is 7.63. The van der Waals surface area contributed by atoms with Crippen LogP contribution in [-0.2, 0) is 4.79 Å². The van der Waals surface area contributed by atoms with Crippen LogP contribution >= 0.6 is 15.9 Å². The number of aromatic nitrogens is 2. The Morgan fingerprint density at radius 2 is 2.18 bits per heavy atom. The molecule has 0 saturated carbocycles. The minimum atomic E-state index is -0.847. The van der Waals surface area contributed by atoms with E-state index in [1.165, 1.54) is 0 Å². The quantitative estimate of drug-likeness (QED) is 0.857. The van der Waals surface area contributed by atoms with Gasteiger partial charge in [-0.1, -0.05) is 0 Å². The van der Waals surface area contributed by atoms with Gasteiger partial charge in [-0.2, -0.15) is 0 Å². The molecule has 3 rings (SSSR count). The maximum atomic E-state index is 10.9. The zero-order valence-corrected chi connectivity index (χ0v) is 13.2. The van der Waals surface area contributed by atoms with Crippen LogP contribution in [0.1, 0.15) is 6.42 Å². The van der Waals surface area contributed by atoms with Crippen LogP contribution in [0.5, 0.6) is 0 Å². The van der Waals surface area contributed by atoms with E-state index in [9.17, 15) is 4.79 Å². The number of rotatable bonds is 4.